The van der Waals surface area contributed by atoms with Gasteiger partial charge in [0.25, 0.3) is 0 Å². The van der Waals surface area contributed by atoms with Crippen LogP contribution in [0, 0.1) is 0 Å². The van der Waals surface area contributed by atoms with Crippen LogP contribution in [0.2, 0.25) is 0 Å². The number of hydrogen-bond acceptors (Lipinski definition) is 7. The first kappa shape index (κ1) is 25.5. The van der Waals surface area contributed by atoms with E-state index in [1.54, 1.807) is 31.7 Å². The molecule has 7 rings (SSSR count). The van der Waals surface area contributed by atoms with Crippen LogP contribution in [0.15, 0.2) is 91.5 Å². The van der Waals surface area contributed by atoms with Crippen molar-refractivity contribution in [1.82, 2.24) is 30.1 Å². The largest absolute Gasteiger partial charge is 0.338 e. The lowest BCUT2D eigenvalue weighted by Crippen LogP contribution is -2.14. The molecular weight excluding hydrogens is 546 g/mol. The molecule has 10 heteroatoms. The maximum Gasteiger partial charge on any atom is 0.228 e. The Morgan fingerprint density at radius 2 is 1.81 bits per heavy atom. The SMILES string of the molecule is CC(=O)c1ccc(-c2ccnc3[nH]c(-c4n[nH]c5cnc(-c6cncc(NC(=O)Cc7ccccc7)c6)cc45)cc23)s1. The summed E-state index contributed by atoms with van der Waals surface area (Å²) in [6, 6.07) is 21.2. The van der Waals surface area contributed by atoms with Gasteiger partial charge in [0.1, 0.15) is 11.3 Å². The Kier molecular flexibility index (Phi) is 6.37. The van der Waals surface area contributed by atoms with Crippen LogP contribution in [0.5, 0.6) is 0 Å². The highest BCUT2D eigenvalue weighted by Crippen LogP contribution is 2.36. The number of nitrogens with zero attached hydrogens (tertiary/aromatic N) is 4. The number of fused-ring (bicyclic) bond motifs is 2. The van der Waals surface area contributed by atoms with Crippen molar-refractivity contribution in [2.45, 2.75) is 13.3 Å². The lowest BCUT2D eigenvalue weighted by molar-refractivity contribution is -0.115. The Morgan fingerprint density at radius 3 is 2.64 bits per heavy atom. The quantitative estimate of drug-likeness (QED) is 0.184. The molecule has 0 atom stereocenters. The van der Waals surface area contributed by atoms with Gasteiger partial charge in [0, 0.05) is 39.2 Å². The third-order valence-corrected chi connectivity index (χ3v) is 8.20. The smallest absolute Gasteiger partial charge is 0.228 e. The molecule has 6 aromatic heterocycles. The van der Waals surface area contributed by atoms with Crippen LogP contribution >= 0.6 is 11.3 Å². The van der Waals surface area contributed by atoms with E-state index in [0.717, 1.165) is 59.8 Å². The van der Waals surface area contributed by atoms with Crippen molar-refractivity contribution in [3.8, 4) is 33.1 Å². The molecule has 0 unspecified atom stereocenters. The fourth-order valence-corrected chi connectivity index (χ4v) is 5.90. The van der Waals surface area contributed by atoms with E-state index in [4.69, 9.17) is 0 Å². The number of benzene rings is 1. The van der Waals surface area contributed by atoms with Crippen LogP contribution in [0.25, 0.3) is 55.0 Å². The van der Waals surface area contributed by atoms with Crippen LogP contribution in [0.4, 0.5) is 5.69 Å². The van der Waals surface area contributed by atoms with Crippen molar-refractivity contribution < 1.29 is 9.59 Å². The van der Waals surface area contributed by atoms with Gasteiger partial charge in [-0.2, -0.15) is 5.10 Å². The van der Waals surface area contributed by atoms with Gasteiger partial charge < -0.3 is 10.3 Å². The number of carbonyl (C=O) groups excluding carboxylic acids is 2. The van der Waals surface area contributed by atoms with Crippen molar-refractivity contribution >= 4 is 50.7 Å². The zero-order chi connectivity index (χ0) is 28.6. The van der Waals surface area contributed by atoms with Crippen molar-refractivity contribution in [2.24, 2.45) is 0 Å². The predicted molar refractivity (Wildman–Crippen MR) is 164 cm³/mol. The fourth-order valence-electron chi connectivity index (χ4n) is 4.96. The zero-order valence-electron chi connectivity index (χ0n) is 22.4. The minimum atomic E-state index is -0.118. The number of nitrogens with one attached hydrogen (secondary N) is 3. The summed E-state index contributed by atoms with van der Waals surface area (Å²) in [5, 5.41) is 12.4. The number of pyridine rings is 3. The number of anilines is 1. The summed E-state index contributed by atoms with van der Waals surface area (Å²) >= 11 is 1.47. The summed E-state index contributed by atoms with van der Waals surface area (Å²) in [5.74, 6) is -0.0680. The molecule has 3 N–H and O–H groups in total. The molecule has 1 amide bonds. The van der Waals surface area contributed by atoms with E-state index >= 15 is 0 Å². The molecule has 0 aliphatic carbocycles. The molecule has 1 aromatic carbocycles. The second-order valence-corrected chi connectivity index (χ2v) is 11.0. The molecule has 0 radical (unpaired) electrons. The van der Waals surface area contributed by atoms with Gasteiger partial charge in [-0.1, -0.05) is 30.3 Å². The lowest BCUT2D eigenvalue weighted by Gasteiger charge is -2.07. The molecule has 0 saturated heterocycles. The molecule has 0 aliphatic rings. The molecule has 42 heavy (non-hydrogen) atoms. The molecule has 204 valence electrons. The number of Topliss-reactive ketones (excluding diaryl/α,β-unsaturated/α-hetero) is 1. The number of aromatic nitrogens is 6. The lowest BCUT2D eigenvalue weighted by atomic mass is 10.1. The van der Waals surface area contributed by atoms with Gasteiger partial charge in [0.2, 0.25) is 5.91 Å². The van der Waals surface area contributed by atoms with Crippen LogP contribution in [0.3, 0.4) is 0 Å². The first-order valence-corrected chi connectivity index (χ1v) is 14.1. The molecule has 0 aliphatic heterocycles. The number of ketones is 1. The number of amides is 1. The molecule has 0 saturated carbocycles. The number of thiophene rings is 1. The first-order valence-electron chi connectivity index (χ1n) is 13.2. The van der Waals surface area contributed by atoms with E-state index in [1.165, 1.54) is 11.3 Å². The van der Waals surface area contributed by atoms with Crippen LogP contribution in [-0.4, -0.2) is 41.8 Å². The highest BCUT2D eigenvalue weighted by atomic mass is 32.1. The topological polar surface area (TPSA) is 129 Å². The minimum absolute atomic E-state index is 0.0500. The monoisotopic (exact) mass is 569 g/mol. The van der Waals surface area contributed by atoms with Gasteiger partial charge >= 0.3 is 0 Å². The van der Waals surface area contributed by atoms with Gasteiger partial charge in [-0.3, -0.25) is 24.7 Å². The van der Waals surface area contributed by atoms with E-state index in [1.807, 2.05) is 66.7 Å². The Hall–Kier alpha value is -5.48. The van der Waals surface area contributed by atoms with Gasteiger partial charge in [0.05, 0.1) is 46.3 Å². The van der Waals surface area contributed by atoms with Crippen LogP contribution < -0.4 is 5.32 Å². The average Bonchev–Trinajstić information content (AvgIpc) is 3.75. The van der Waals surface area contributed by atoms with Crippen molar-refractivity contribution in [3.63, 3.8) is 0 Å². The summed E-state index contributed by atoms with van der Waals surface area (Å²) in [7, 11) is 0. The predicted octanol–water partition coefficient (Wildman–Crippen LogP) is 6.68. The number of rotatable bonds is 7. The summed E-state index contributed by atoms with van der Waals surface area (Å²) in [6.07, 6.45) is 7.11. The number of hydrogen-bond donors (Lipinski definition) is 3. The van der Waals surface area contributed by atoms with Gasteiger partial charge in [-0.25, -0.2) is 4.98 Å². The summed E-state index contributed by atoms with van der Waals surface area (Å²) in [6.45, 7) is 1.58. The Bertz CT molecular complexity index is 2110. The normalized spacial score (nSPS) is 11.3. The third kappa shape index (κ3) is 4.84. The van der Waals surface area contributed by atoms with Gasteiger partial charge in [-0.15, -0.1) is 11.3 Å². The second-order valence-electron chi connectivity index (χ2n) is 9.88. The fraction of sp³-hybridized carbons (Fsp3) is 0.0625. The van der Waals surface area contributed by atoms with Crippen LogP contribution in [-0.2, 0) is 11.2 Å². The zero-order valence-corrected chi connectivity index (χ0v) is 23.2. The van der Waals surface area contributed by atoms with Crippen molar-refractivity contribution in [3.05, 3.63) is 102 Å². The van der Waals surface area contributed by atoms with E-state index in [2.05, 4.69) is 35.5 Å². The Labute approximate surface area is 243 Å². The van der Waals surface area contributed by atoms with E-state index in [9.17, 15) is 9.59 Å². The Balaban J connectivity index is 1.21. The third-order valence-electron chi connectivity index (χ3n) is 6.98. The molecule has 7 aromatic rings. The van der Waals surface area contributed by atoms with Crippen molar-refractivity contribution in [1.29, 1.82) is 0 Å². The first-order chi connectivity index (χ1) is 20.5. The highest BCUT2D eigenvalue weighted by Gasteiger charge is 2.17. The molecule has 6 heterocycles. The minimum Gasteiger partial charge on any atom is -0.338 e. The molecule has 0 bridgehead atoms. The van der Waals surface area contributed by atoms with Gasteiger partial charge in [0.15, 0.2) is 5.78 Å². The van der Waals surface area contributed by atoms with Gasteiger partial charge in [-0.05, 0) is 48.9 Å². The van der Waals surface area contributed by atoms with E-state index in [0.29, 0.717) is 11.4 Å². The molecule has 0 spiro atoms. The van der Waals surface area contributed by atoms with Crippen molar-refractivity contribution in [2.75, 3.05) is 5.32 Å². The summed E-state index contributed by atoms with van der Waals surface area (Å²) in [4.78, 5) is 43.1. The number of H-pyrrole nitrogens is 2. The maximum atomic E-state index is 12.6. The molecule has 0 fully saturated rings. The standard InChI is InChI=1S/C32H23N7O2S/c1-18(40)28-7-8-29(42-28)22-9-10-34-32-23(22)13-26(37-32)31-24-14-25(35-17-27(24)38-39-31)20-12-21(16-33-15-20)36-30(41)11-19-5-3-2-4-6-19/h2-10,12-17H,11H2,1H3,(H,34,37)(H,36,41)(H,38,39). The Morgan fingerprint density at radius 1 is 0.929 bits per heavy atom. The van der Waals surface area contributed by atoms with Crippen LogP contribution in [0.1, 0.15) is 22.2 Å². The summed E-state index contributed by atoms with van der Waals surface area (Å²) in [5.41, 5.74) is 7.04. The average molecular weight is 570 g/mol. The van der Waals surface area contributed by atoms with E-state index in [-0.39, 0.29) is 18.1 Å². The summed E-state index contributed by atoms with van der Waals surface area (Å²) < 4.78 is 0. The highest BCUT2D eigenvalue weighted by molar-refractivity contribution is 7.17. The maximum absolute atomic E-state index is 12.6. The number of aromatic amines is 2. The second kappa shape index (κ2) is 10.5. The molecule has 9 nitrogen and oxygen atoms in total. The van der Waals surface area contributed by atoms with E-state index < -0.39 is 0 Å². The molecular formula is C32H23N7O2S. The number of carbonyl (C=O) groups is 2.